The lowest BCUT2D eigenvalue weighted by Gasteiger charge is -2.14. The van der Waals surface area contributed by atoms with Crippen molar-refractivity contribution in [1.82, 2.24) is 30.7 Å². The van der Waals surface area contributed by atoms with Crippen LogP contribution in [0.25, 0.3) is 17.1 Å². The lowest BCUT2D eigenvalue weighted by molar-refractivity contribution is -0.398. The first-order chi connectivity index (χ1) is 16.4. The molecule has 0 saturated carbocycles. The fraction of sp³-hybridized carbons (Fsp3) is 0.0526. The Bertz CT molecular complexity index is 1400. The number of nitrogens with one attached hydrogen (secondary N) is 1. The molecule has 15 nitrogen and oxygen atoms in total. The minimum absolute atomic E-state index is 0.0347. The first-order valence-corrected chi connectivity index (χ1v) is 9.37. The summed E-state index contributed by atoms with van der Waals surface area (Å²) in [4.78, 5) is 23.0. The Balaban J connectivity index is 1.66. The van der Waals surface area contributed by atoms with Crippen molar-refractivity contribution in [2.45, 2.75) is 0 Å². The van der Waals surface area contributed by atoms with Crippen LogP contribution in [0.4, 0.5) is 11.5 Å². The van der Waals surface area contributed by atoms with Gasteiger partial charge in [-0.1, -0.05) is 35.5 Å². The molecule has 0 fully saturated rings. The van der Waals surface area contributed by atoms with E-state index in [9.17, 15) is 20.0 Å². The Labute approximate surface area is 189 Å². The largest absolute Gasteiger partial charge is 0.865 e. The van der Waals surface area contributed by atoms with Crippen molar-refractivity contribution in [2.75, 3.05) is 12.8 Å². The number of aromatic nitrogens is 5. The Morgan fingerprint density at radius 1 is 1.26 bits per heavy atom. The number of nitrogens with zero attached hydrogens (tertiary/aromatic N) is 7. The van der Waals surface area contributed by atoms with Gasteiger partial charge in [-0.25, -0.2) is 10.1 Å². The molecular weight excluding hydrogens is 450 g/mol. The zero-order valence-electron chi connectivity index (χ0n) is 17.3. The van der Waals surface area contributed by atoms with Crippen LogP contribution < -0.4 is 21.0 Å². The van der Waals surface area contributed by atoms with Crippen molar-refractivity contribution in [2.24, 2.45) is 5.10 Å². The molecule has 0 spiro atoms. The van der Waals surface area contributed by atoms with E-state index in [2.05, 4.69) is 35.8 Å². The van der Waals surface area contributed by atoms with Crippen molar-refractivity contribution in [3.05, 3.63) is 63.8 Å². The van der Waals surface area contributed by atoms with Gasteiger partial charge in [0.15, 0.2) is 5.69 Å². The highest BCUT2D eigenvalue weighted by atomic mass is 16.6. The van der Waals surface area contributed by atoms with Crippen molar-refractivity contribution < 1.29 is 24.2 Å². The van der Waals surface area contributed by atoms with E-state index < -0.39 is 22.3 Å². The molecule has 0 bridgehead atoms. The van der Waals surface area contributed by atoms with Crippen LogP contribution in [0, 0.1) is 10.1 Å². The first-order valence-electron chi connectivity index (χ1n) is 9.37. The van der Waals surface area contributed by atoms with E-state index in [0.29, 0.717) is 5.56 Å². The summed E-state index contributed by atoms with van der Waals surface area (Å²) in [5.41, 5.74) is 8.19. The summed E-state index contributed by atoms with van der Waals surface area (Å²) >= 11 is 0. The molecule has 0 aliphatic carbocycles. The fourth-order valence-electron chi connectivity index (χ4n) is 3.01. The van der Waals surface area contributed by atoms with Crippen LogP contribution in [0.1, 0.15) is 16.1 Å². The van der Waals surface area contributed by atoms with Gasteiger partial charge in [-0.2, -0.15) is 9.78 Å². The summed E-state index contributed by atoms with van der Waals surface area (Å²) in [7, 11) is 1.19. The molecule has 15 heteroatoms. The molecule has 0 atom stereocenters. The highest BCUT2D eigenvalue weighted by Crippen LogP contribution is 2.35. The topological polar surface area (TPSA) is 213 Å². The Kier molecular flexibility index (Phi) is 5.81. The van der Waals surface area contributed by atoms with Gasteiger partial charge < -0.3 is 15.6 Å². The summed E-state index contributed by atoms with van der Waals surface area (Å²) in [6.07, 6.45) is 1.11. The Morgan fingerprint density at radius 3 is 2.68 bits per heavy atom. The summed E-state index contributed by atoms with van der Waals surface area (Å²) in [6.45, 7) is 0. The number of methoxy groups -OCH3 is 1. The van der Waals surface area contributed by atoms with Gasteiger partial charge in [0.25, 0.3) is 11.6 Å². The minimum atomic E-state index is -0.920. The number of carbonyl (C=O) groups excluding carboxylic acids is 1. The number of ether oxygens (including phenoxy) is 1. The number of nitrogen functional groups attached to an aromatic ring is 1. The molecule has 0 aliphatic rings. The number of amides is 1. The minimum Gasteiger partial charge on any atom is -0.865 e. The Hall–Kier alpha value is -5.34. The number of benzene rings is 2. The summed E-state index contributed by atoms with van der Waals surface area (Å²) in [6, 6.07) is 11.0. The van der Waals surface area contributed by atoms with Gasteiger partial charge in [0.05, 0.1) is 18.2 Å². The van der Waals surface area contributed by atoms with Crippen LogP contribution in [-0.4, -0.2) is 49.5 Å². The number of anilines is 1. The summed E-state index contributed by atoms with van der Waals surface area (Å²) in [5, 5.41) is 41.9. The average Bonchev–Trinajstić information content (AvgIpc) is 3.45. The number of carbonyl (C=O) groups is 1. The van der Waals surface area contributed by atoms with E-state index in [1.807, 2.05) is 0 Å². The van der Waals surface area contributed by atoms with Gasteiger partial charge in [0.2, 0.25) is 11.6 Å². The van der Waals surface area contributed by atoms with Crippen LogP contribution in [0.15, 0.2) is 52.2 Å². The van der Waals surface area contributed by atoms with E-state index >= 15 is 0 Å². The number of hydrazone groups is 1. The number of nitro groups is 1. The predicted molar refractivity (Wildman–Crippen MR) is 113 cm³/mol. The molecule has 4 rings (SSSR count). The monoisotopic (exact) mass is 464 g/mol. The van der Waals surface area contributed by atoms with E-state index in [1.54, 1.807) is 30.3 Å². The molecule has 0 unspecified atom stereocenters. The molecular formula is C19H14N9O6-. The van der Waals surface area contributed by atoms with Gasteiger partial charge in [-0.15, -0.1) is 5.10 Å². The third-order valence-electron chi connectivity index (χ3n) is 4.52. The van der Waals surface area contributed by atoms with Crippen LogP contribution in [0.3, 0.4) is 0 Å². The summed E-state index contributed by atoms with van der Waals surface area (Å²) < 4.78 is 10.8. The SMILES string of the molecule is COc1c(/C=N\NC(=O)c2nnn(-c3nonc3N)c2-c2ccccc2)ccc([N+](=O)[O-])c1[O-]. The molecule has 0 saturated heterocycles. The fourth-order valence-corrected chi connectivity index (χ4v) is 3.01. The number of rotatable bonds is 7. The maximum absolute atomic E-state index is 12.8. The second-order valence-electron chi connectivity index (χ2n) is 6.53. The molecule has 4 aromatic rings. The molecule has 2 heterocycles. The number of nitro benzene ring substituents is 1. The van der Waals surface area contributed by atoms with Gasteiger partial charge in [0.1, 0.15) is 11.4 Å². The third-order valence-corrected chi connectivity index (χ3v) is 4.52. The molecule has 172 valence electrons. The van der Waals surface area contributed by atoms with Crippen LogP contribution >= 0.6 is 0 Å². The molecule has 34 heavy (non-hydrogen) atoms. The lowest BCUT2D eigenvalue weighted by Crippen LogP contribution is -2.19. The van der Waals surface area contributed by atoms with E-state index in [1.165, 1.54) is 17.9 Å². The van der Waals surface area contributed by atoms with Crippen LogP contribution in [0.5, 0.6) is 11.5 Å². The van der Waals surface area contributed by atoms with Crippen LogP contribution in [-0.2, 0) is 0 Å². The first kappa shape index (κ1) is 21.9. The second kappa shape index (κ2) is 9.03. The maximum atomic E-state index is 12.8. The summed E-state index contributed by atoms with van der Waals surface area (Å²) in [5.74, 6) is -1.99. The van der Waals surface area contributed by atoms with E-state index in [4.69, 9.17) is 10.5 Å². The zero-order valence-corrected chi connectivity index (χ0v) is 17.3. The van der Waals surface area contributed by atoms with Gasteiger partial charge >= 0.3 is 0 Å². The maximum Gasteiger partial charge on any atom is 0.294 e. The predicted octanol–water partition coefficient (Wildman–Crippen LogP) is 0.654. The number of hydrogen-bond acceptors (Lipinski definition) is 12. The third kappa shape index (κ3) is 3.95. The molecule has 0 aliphatic heterocycles. The van der Waals surface area contributed by atoms with Gasteiger partial charge in [-0.3, -0.25) is 14.9 Å². The van der Waals surface area contributed by atoms with E-state index in [-0.39, 0.29) is 34.3 Å². The number of hydrogen-bond donors (Lipinski definition) is 2. The number of nitrogens with two attached hydrogens (primary N) is 1. The zero-order chi connectivity index (χ0) is 24.2. The van der Waals surface area contributed by atoms with E-state index in [0.717, 1.165) is 12.3 Å². The highest BCUT2D eigenvalue weighted by molar-refractivity contribution is 5.99. The molecule has 2 aromatic carbocycles. The Morgan fingerprint density at radius 2 is 2.03 bits per heavy atom. The normalized spacial score (nSPS) is 11.0. The van der Waals surface area contributed by atoms with Crippen molar-refractivity contribution in [1.29, 1.82) is 0 Å². The van der Waals surface area contributed by atoms with Crippen molar-refractivity contribution in [3.8, 4) is 28.6 Å². The smallest absolute Gasteiger partial charge is 0.294 e. The standard InChI is InChI=1S/C19H15N9O6/c1-33-16-11(7-8-12(15(16)29)28(31)32)9-21-23-19(30)13-14(10-5-3-2-4-6-10)27(26-22-13)18-17(20)24-34-25-18/h2-9,29H,1H3,(H2,20,24)(H,23,30)/p-1/b21-9-. The second-order valence-corrected chi connectivity index (χ2v) is 6.53. The molecule has 3 N–H and O–H groups in total. The van der Waals surface area contributed by atoms with Crippen LogP contribution in [0.2, 0.25) is 0 Å². The molecule has 1 amide bonds. The van der Waals surface area contributed by atoms with Gasteiger partial charge in [-0.05, 0) is 16.4 Å². The van der Waals surface area contributed by atoms with Crippen molar-refractivity contribution >= 4 is 23.6 Å². The highest BCUT2D eigenvalue weighted by Gasteiger charge is 2.25. The lowest BCUT2D eigenvalue weighted by atomic mass is 10.1. The molecule has 0 radical (unpaired) electrons. The average molecular weight is 464 g/mol. The van der Waals surface area contributed by atoms with Gasteiger partial charge in [0, 0.05) is 22.9 Å². The quantitative estimate of drug-likeness (QED) is 0.220. The van der Waals surface area contributed by atoms with Crippen molar-refractivity contribution in [3.63, 3.8) is 0 Å². The molecule has 2 aromatic heterocycles.